The van der Waals surface area contributed by atoms with Crippen molar-refractivity contribution in [2.24, 2.45) is 11.8 Å². The number of ether oxygens (including phenoxy) is 2. The van der Waals surface area contributed by atoms with E-state index in [0.29, 0.717) is 35.9 Å². The first kappa shape index (κ1) is 20.1. The summed E-state index contributed by atoms with van der Waals surface area (Å²) in [4.78, 5) is 27.7. The molecule has 29 heavy (non-hydrogen) atoms. The minimum atomic E-state index is -0.744. The van der Waals surface area contributed by atoms with Gasteiger partial charge in [0.25, 0.3) is 0 Å². The summed E-state index contributed by atoms with van der Waals surface area (Å²) in [7, 11) is 2.81. The van der Waals surface area contributed by atoms with E-state index in [9.17, 15) is 14.0 Å². The lowest BCUT2D eigenvalue weighted by Gasteiger charge is -2.45. The summed E-state index contributed by atoms with van der Waals surface area (Å²) < 4.78 is 24.3. The van der Waals surface area contributed by atoms with Gasteiger partial charge in [-0.05, 0) is 43.2 Å². The van der Waals surface area contributed by atoms with Crippen molar-refractivity contribution in [3.63, 3.8) is 0 Å². The second-order valence-electron chi connectivity index (χ2n) is 8.47. The average molecular weight is 404 g/mol. The second-order valence-corrected chi connectivity index (χ2v) is 8.47. The van der Waals surface area contributed by atoms with E-state index in [1.54, 1.807) is 6.07 Å². The molecule has 0 amide bonds. The minimum absolute atomic E-state index is 0.0276. The normalized spacial score (nSPS) is 30.8. The number of benzene rings is 1. The molecule has 2 saturated heterocycles. The Hall–Kier alpha value is -2.15. The maximum Gasteiger partial charge on any atom is 0.305 e. The largest absolute Gasteiger partial charge is 0.493 e. The predicted molar refractivity (Wildman–Crippen MR) is 107 cm³/mol. The van der Waals surface area contributed by atoms with Gasteiger partial charge >= 0.3 is 5.97 Å². The number of methoxy groups -OCH3 is 2. The number of carbonyl (C=O) groups excluding carboxylic acids is 2. The lowest BCUT2D eigenvalue weighted by Crippen LogP contribution is -2.57. The zero-order valence-electron chi connectivity index (χ0n) is 17.3. The Labute approximate surface area is 170 Å². The number of esters is 1. The van der Waals surface area contributed by atoms with Crippen molar-refractivity contribution in [3.05, 3.63) is 23.5 Å². The maximum atomic E-state index is 14.2. The Balaban J connectivity index is 1.62. The number of nitrogens with zero attached hydrogens (tertiary/aromatic N) is 1. The van der Waals surface area contributed by atoms with Crippen molar-refractivity contribution in [3.8, 4) is 5.75 Å². The Kier molecular flexibility index (Phi) is 5.27. The maximum absolute atomic E-state index is 14.2. The molecule has 158 valence electrons. The molecule has 7 heteroatoms. The molecule has 4 atom stereocenters. The second kappa shape index (κ2) is 7.59. The highest BCUT2D eigenvalue weighted by Crippen LogP contribution is 2.50. The van der Waals surface area contributed by atoms with Crippen molar-refractivity contribution in [2.45, 2.75) is 50.6 Å². The molecule has 4 rings (SSSR count). The van der Waals surface area contributed by atoms with Crippen molar-refractivity contribution in [2.75, 3.05) is 32.6 Å². The van der Waals surface area contributed by atoms with Crippen molar-refractivity contribution in [1.82, 2.24) is 4.90 Å². The van der Waals surface area contributed by atoms with Gasteiger partial charge in [0.2, 0.25) is 0 Å². The molecule has 0 aromatic heterocycles. The van der Waals surface area contributed by atoms with Crippen molar-refractivity contribution >= 4 is 17.4 Å². The molecule has 0 radical (unpaired) electrons. The van der Waals surface area contributed by atoms with E-state index < -0.39 is 11.4 Å². The molecule has 2 fully saturated rings. The average Bonchev–Trinajstić information content (AvgIpc) is 3.23. The van der Waals surface area contributed by atoms with Gasteiger partial charge in [0.1, 0.15) is 5.54 Å². The third-order valence-corrected chi connectivity index (χ3v) is 7.24. The van der Waals surface area contributed by atoms with Gasteiger partial charge in [-0.15, -0.1) is 0 Å². The molecule has 0 bridgehead atoms. The summed E-state index contributed by atoms with van der Waals surface area (Å²) in [6, 6.07) is 3.01. The van der Waals surface area contributed by atoms with E-state index in [1.165, 1.54) is 20.3 Å². The number of rotatable bonds is 5. The van der Waals surface area contributed by atoms with Crippen molar-refractivity contribution in [1.29, 1.82) is 0 Å². The van der Waals surface area contributed by atoms with Gasteiger partial charge in [-0.25, -0.2) is 4.39 Å². The van der Waals surface area contributed by atoms with Crippen LogP contribution in [-0.4, -0.2) is 55.5 Å². The van der Waals surface area contributed by atoms with Crippen molar-refractivity contribution < 1.29 is 23.5 Å². The van der Waals surface area contributed by atoms with E-state index in [4.69, 9.17) is 9.47 Å². The van der Waals surface area contributed by atoms with Gasteiger partial charge in [-0.3, -0.25) is 14.5 Å². The van der Waals surface area contributed by atoms with Gasteiger partial charge < -0.3 is 14.8 Å². The number of Topliss-reactive ketones (excluding diaryl/α,β-unsaturated/α-hetero) is 1. The molecule has 1 unspecified atom stereocenters. The van der Waals surface area contributed by atoms with Gasteiger partial charge in [0.15, 0.2) is 17.3 Å². The molecule has 6 nitrogen and oxygen atoms in total. The predicted octanol–water partition coefficient (Wildman–Crippen LogP) is 3.25. The molecule has 0 saturated carbocycles. The highest BCUT2D eigenvalue weighted by atomic mass is 19.1. The molecular weight excluding hydrogens is 375 g/mol. The number of hydrogen-bond acceptors (Lipinski definition) is 6. The fraction of sp³-hybridized carbons (Fsp3) is 0.636. The number of ketones is 1. The molecule has 1 spiro atoms. The van der Waals surface area contributed by atoms with Crippen LogP contribution in [-0.2, 0) is 9.53 Å². The number of piperidine rings is 1. The van der Waals surface area contributed by atoms with E-state index in [0.717, 1.165) is 32.4 Å². The quantitative estimate of drug-likeness (QED) is 0.760. The lowest BCUT2D eigenvalue weighted by atomic mass is 9.73. The Morgan fingerprint density at radius 2 is 2.14 bits per heavy atom. The van der Waals surface area contributed by atoms with Crippen LogP contribution < -0.4 is 10.1 Å². The summed E-state index contributed by atoms with van der Waals surface area (Å²) in [6.07, 6.45) is 3.74. The molecule has 3 aliphatic rings. The fourth-order valence-corrected chi connectivity index (χ4v) is 5.69. The first-order chi connectivity index (χ1) is 13.9. The molecule has 1 aromatic rings. The monoisotopic (exact) mass is 404 g/mol. The van der Waals surface area contributed by atoms with Crippen LogP contribution in [0.15, 0.2) is 12.1 Å². The van der Waals surface area contributed by atoms with Crippen LogP contribution in [0.5, 0.6) is 5.75 Å². The third kappa shape index (κ3) is 3.10. The summed E-state index contributed by atoms with van der Waals surface area (Å²) in [5.74, 6) is 0.104. The molecule has 3 heterocycles. The zero-order chi connectivity index (χ0) is 20.8. The van der Waals surface area contributed by atoms with Gasteiger partial charge in [0, 0.05) is 31.2 Å². The van der Waals surface area contributed by atoms with E-state index in [1.807, 2.05) is 0 Å². The lowest BCUT2D eigenvalue weighted by molar-refractivity contribution is -0.141. The smallest absolute Gasteiger partial charge is 0.305 e. The van der Waals surface area contributed by atoms with Crippen LogP contribution in [0.3, 0.4) is 0 Å². The first-order valence-electron chi connectivity index (χ1n) is 10.5. The van der Waals surface area contributed by atoms with Crippen LogP contribution in [0.4, 0.5) is 10.1 Å². The Bertz CT molecular complexity index is 829. The highest BCUT2D eigenvalue weighted by molar-refractivity contribution is 6.16. The fourth-order valence-electron chi connectivity index (χ4n) is 5.69. The SMILES string of the molecule is CC[C@@H]1CN2CCC3(Nc4ccc(F)c(OC)c4C3=O)[C@H]2C[C@@H]1CCC(=O)OC. The summed E-state index contributed by atoms with van der Waals surface area (Å²) in [6.45, 7) is 3.94. The first-order valence-corrected chi connectivity index (χ1v) is 10.5. The van der Waals surface area contributed by atoms with E-state index >= 15 is 0 Å². The number of carbonyl (C=O) groups is 2. The summed E-state index contributed by atoms with van der Waals surface area (Å²) in [5, 5.41) is 3.46. The number of halogens is 1. The van der Waals surface area contributed by atoms with Crippen LogP contribution in [0.1, 0.15) is 49.4 Å². The minimum Gasteiger partial charge on any atom is -0.493 e. The number of nitrogens with one attached hydrogen (secondary N) is 1. The van der Waals surface area contributed by atoms with Crippen LogP contribution in [0, 0.1) is 17.7 Å². The Morgan fingerprint density at radius 1 is 1.34 bits per heavy atom. The number of fused-ring (bicyclic) bond motifs is 3. The van der Waals surface area contributed by atoms with Crippen LogP contribution in [0.2, 0.25) is 0 Å². The molecule has 1 aromatic carbocycles. The highest BCUT2D eigenvalue weighted by Gasteiger charge is 2.59. The van der Waals surface area contributed by atoms with E-state index in [2.05, 4.69) is 17.1 Å². The standard InChI is InChI=1S/C22H29FN2O4/c1-4-13-12-25-10-9-22(17(25)11-14(13)5-8-18(26)28-2)21(27)19-16(24-22)7-6-15(23)20(19)29-3/h6-7,13-14,17,24H,4-5,8-12H2,1-3H3/t13-,14+,17-,22?/m1/s1. The molecule has 1 N–H and O–H groups in total. The third-order valence-electron chi connectivity index (χ3n) is 7.24. The summed E-state index contributed by atoms with van der Waals surface area (Å²) in [5.41, 5.74) is 0.239. The molecular formula is C22H29FN2O4. The topological polar surface area (TPSA) is 67.9 Å². The van der Waals surface area contributed by atoms with E-state index in [-0.39, 0.29) is 23.5 Å². The molecule has 3 aliphatic heterocycles. The van der Waals surface area contributed by atoms with Crippen LogP contribution >= 0.6 is 0 Å². The van der Waals surface area contributed by atoms with Gasteiger partial charge in [-0.2, -0.15) is 0 Å². The molecule has 0 aliphatic carbocycles. The Morgan fingerprint density at radius 3 is 2.83 bits per heavy atom. The number of hydrogen-bond donors (Lipinski definition) is 1. The van der Waals surface area contributed by atoms with Gasteiger partial charge in [0.05, 0.1) is 19.8 Å². The van der Waals surface area contributed by atoms with Gasteiger partial charge in [-0.1, -0.05) is 13.3 Å². The zero-order valence-corrected chi connectivity index (χ0v) is 17.3. The summed E-state index contributed by atoms with van der Waals surface area (Å²) >= 11 is 0. The van der Waals surface area contributed by atoms with Crippen LogP contribution in [0.25, 0.3) is 0 Å². The number of anilines is 1.